The Labute approximate surface area is 110 Å². The van der Waals surface area contributed by atoms with Gasteiger partial charge in [-0.25, -0.2) is 4.98 Å². The normalized spacial score (nSPS) is 14.9. The molecule has 5 heteroatoms. The van der Waals surface area contributed by atoms with Gasteiger partial charge in [-0.05, 0) is 25.0 Å². The summed E-state index contributed by atoms with van der Waals surface area (Å²) in [6.45, 7) is 0.487. The smallest absolute Gasteiger partial charge is 0.263 e. The zero-order valence-electron chi connectivity index (χ0n) is 9.90. The van der Waals surface area contributed by atoms with Gasteiger partial charge in [-0.2, -0.15) is 0 Å². The first-order chi connectivity index (χ1) is 8.79. The average Bonchev–Trinajstić information content (AvgIpc) is 3.17. The van der Waals surface area contributed by atoms with Gasteiger partial charge in [0.15, 0.2) is 0 Å². The lowest BCUT2D eigenvalue weighted by Crippen LogP contribution is -2.22. The fourth-order valence-corrected chi connectivity index (χ4v) is 2.20. The van der Waals surface area contributed by atoms with E-state index in [2.05, 4.69) is 10.3 Å². The zero-order valence-corrected chi connectivity index (χ0v) is 10.7. The second-order valence-electron chi connectivity index (χ2n) is 4.55. The fourth-order valence-electron chi connectivity index (χ4n) is 2.02. The van der Waals surface area contributed by atoms with E-state index in [0.717, 1.165) is 11.2 Å². The molecule has 0 unspecified atom stereocenters. The minimum Gasteiger partial charge on any atom is -0.382 e. The fraction of sp³-hybridized carbons (Fsp3) is 0.385. The summed E-state index contributed by atoms with van der Waals surface area (Å²) in [5.41, 5.74) is 1.59. The van der Waals surface area contributed by atoms with Gasteiger partial charge >= 0.3 is 0 Å². The third-order valence-electron chi connectivity index (χ3n) is 3.12. The van der Waals surface area contributed by atoms with E-state index in [0.29, 0.717) is 23.9 Å². The standard InChI is InChI=1S/C13H14ClN3O/c14-6-7-17-8-15-10-2-1-3-11(12(10)13(17)18)16-9-4-5-9/h1-3,8-9,16H,4-7H2. The van der Waals surface area contributed by atoms with Crippen LogP contribution in [0.5, 0.6) is 0 Å². The molecule has 18 heavy (non-hydrogen) atoms. The molecule has 1 aromatic heterocycles. The van der Waals surface area contributed by atoms with Crippen molar-refractivity contribution in [3.63, 3.8) is 0 Å². The molecule has 1 aromatic carbocycles. The van der Waals surface area contributed by atoms with Crippen LogP contribution < -0.4 is 10.9 Å². The van der Waals surface area contributed by atoms with Crippen LogP contribution >= 0.6 is 11.6 Å². The van der Waals surface area contributed by atoms with Gasteiger partial charge in [0, 0.05) is 24.2 Å². The first kappa shape index (κ1) is 11.5. The highest BCUT2D eigenvalue weighted by molar-refractivity contribution is 6.17. The summed E-state index contributed by atoms with van der Waals surface area (Å²) in [6, 6.07) is 6.23. The number of fused-ring (bicyclic) bond motifs is 1. The van der Waals surface area contributed by atoms with Gasteiger partial charge in [0.2, 0.25) is 0 Å². The Morgan fingerprint density at radius 1 is 1.44 bits per heavy atom. The number of benzene rings is 1. The summed E-state index contributed by atoms with van der Waals surface area (Å²) in [5, 5.41) is 4.05. The maximum atomic E-state index is 12.4. The molecular weight excluding hydrogens is 250 g/mol. The Bertz CT molecular complexity index is 634. The quantitative estimate of drug-likeness (QED) is 0.861. The minimum atomic E-state index is -0.0237. The van der Waals surface area contributed by atoms with Crippen molar-refractivity contribution in [1.82, 2.24) is 9.55 Å². The van der Waals surface area contributed by atoms with E-state index < -0.39 is 0 Å². The molecule has 0 saturated heterocycles. The maximum absolute atomic E-state index is 12.4. The van der Waals surface area contributed by atoms with Crippen molar-refractivity contribution in [1.29, 1.82) is 0 Å². The Morgan fingerprint density at radius 3 is 3.00 bits per heavy atom. The molecule has 0 bridgehead atoms. The predicted octanol–water partition coefficient (Wildman–Crippen LogP) is 2.21. The Morgan fingerprint density at radius 2 is 2.28 bits per heavy atom. The lowest BCUT2D eigenvalue weighted by atomic mass is 10.2. The number of rotatable bonds is 4. The van der Waals surface area contributed by atoms with Crippen LogP contribution in [0.15, 0.2) is 29.3 Å². The van der Waals surface area contributed by atoms with Crippen molar-refractivity contribution in [2.24, 2.45) is 0 Å². The number of anilines is 1. The lowest BCUT2D eigenvalue weighted by molar-refractivity contribution is 0.722. The van der Waals surface area contributed by atoms with Crippen molar-refractivity contribution in [3.05, 3.63) is 34.9 Å². The summed E-state index contributed by atoms with van der Waals surface area (Å²) in [6.07, 6.45) is 3.91. The first-order valence-corrected chi connectivity index (χ1v) is 6.63. The van der Waals surface area contributed by atoms with Gasteiger partial charge < -0.3 is 5.32 Å². The van der Waals surface area contributed by atoms with Crippen molar-refractivity contribution in [3.8, 4) is 0 Å². The topological polar surface area (TPSA) is 46.9 Å². The third-order valence-corrected chi connectivity index (χ3v) is 3.28. The number of nitrogens with zero attached hydrogens (tertiary/aromatic N) is 2. The number of halogens is 1. The van der Waals surface area contributed by atoms with Crippen LogP contribution in [-0.4, -0.2) is 21.5 Å². The zero-order chi connectivity index (χ0) is 12.5. The Balaban J connectivity index is 2.16. The van der Waals surface area contributed by atoms with Gasteiger partial charge in [0.1, 0.15) is 0 Å². The molecule has 1 fully saturated rings. The minimum absolute atomic E-state index is 0.0237. The lowest BCUT2D eigenvalue weighted by Gasteiger charge is -2.09. The molecule has 2 aromatic rings. The van der Waals surface area contributed by atoms with Crippen LogP contribution in [0, 0.1) is 0 Å². The first-order valence-electron chi connectivity index (χ1n) is 6.10. The third kappa shape index (κ3) is 2.08. The van der Waals surface area contributed by atoms with Gasteiger partial charge in [-0.1, -0.05) is 6.07 Å². The molecule has 1 aliphatic rings. The van der Waals surface area contributed by atoms with E-state index in [1.807, 2.05) is 18.2 Å². The SMILES string of the molecule is O=c1c2c(NC3CC3)cccc2ncn1CCCl. The Hall–Kier alpha value is -1.55. The number of alkyl halides is 1. The van der Waals surface area contributed by atoms with E-state index in [4.69, 9.17) is 11.6 Å². The summed E-state index contributed by atoms with van der Waals surface area (Å²) >= 11 is 5.69. The second-order valence-corrected chi connectivity index (χ2v) is 4.93. The summed E-state index contributed by atoms with van der Waals surface area (Å²) in [5.74, 6) is 0.408. The molecule has 0 aliphatic heterocycles. The maximum Gasteiger partial charge on any atom is 0.263 e. The van der Waals surface area contributed by atoms with E-state index in [9.17, 15) is 4.79 Å². The number of nitrogens with one attached hydrogen (secondary N) is 1. The van der Waals surface area contributed by atoms with Gasteiger partial charge in [0.25, 0.3) is 5.56 Å². The molecule has 0 spiro atoms. The average molecular weight is 264 g/mol. The molecule has 1 saturated carbocycles. The van der Waals surface area contributed by atoms with Crippen molar-refractivity contribution >= 4 is 28.2 Å². The van der Waals surface area contributed by atoms with E-state index in [-0.39, 0.29) is 5.56 Å². The van der Waals surface area contributed by atoms with Crippen LogP contribution in [0.3, 0.4) is 0 Å². The van der Waals surface area contributed by atoms with E-state index in [1.165, 1.54) is 12.8 Å². The summed E-state index contributed by atoms with van der Waals surface area (Å²) in [7, 11) is 0. The Kier molecular flexibility index (Phi) is 2.96. The van der Waals surface area contributed by atoms with Gasteiger partial charge in [-0.15, -0.1) is 11.6 Å². The van der Waals surface area contributed by atoms with Gasteiger partial charge in [-0.3, -0.25) is 9.36 Å². The number of aryl methyl sites for hydroxylation is 1. The number of hydrogen-bond acceptors (Lipinski definition) is 3. The highest BCUT2D eigenvalue weighted by Gasteiger charge is 2.22. The molecule has 0 radical (unpaired) electrons. The molecule has 0 atom stereocenters. The van der Waals surface area contributed by atoms with Crippen molar-refractivity contribution in [2.45, 2.75) is 25.4 Å². The van der Waals surface area contributed by atoms with Crippen LogP contribution in [-0.2, 0) is 6.54 Å². The highest BCUT2D eigenvalue weighted by atomic mass is 35.5. The molecule has 1 heterocycles. The van der Waals surface area contributed by atoms with E-state index in [1.54, 1.807) is 10.9 Å². The van der Waals surface area contributed by atoms with Crippen LogP contribution in [0.25, 0.3) is 10.9 Å². The number of aromatic nitrogens is 2. The summed E-state index contributed by atoms with van der Waals surface area (Å²) < 4.78 is 1.56. The van der Waals surface area contributed by atoms with Crippen LogP contribution in [0.2, 0.25) is 0 Å². The monoisotopic (exact) mass is 263 g/mol. The molecule has 1 aliphatic carbocycles. The van der Waals surface area contributed by atoms with Crippen molar-refractivity contribution in [2.75, 3.05) is 11.2 Å². The second kappa shape index (κ2) is 4.61. The van der Waals surface area contributed by atoms with E-state index >= 15 is 0 Å². The highest BCUT2D eigenvalue weighted by Crippen LogP contribution is 2.27. The molecule has 4 nitrogen and oxygen atoms in total. The van der Waals surface area contributed by atoms with Crippen molar-refractivity contribution < 1.29 is 0 Å². The van der Waals surface area contributed by atoms with Gasteiger partial charge in [0.05, 0.1) is 17.2 Å². The largest absolute Gasteiger partial charge is 0.382 e. The van der Waals surface area contributed by atoms with Crippen LogP contribution in [0.4, 0.5) is 5.69 Å². The molecule has 3 rings (SSSR count). The molecule has 0 amide bonds. The molecule has 94 valence electrons. The number of hydrogen-bond donors (Lipinski definition) is 1. The molecular formula is C13H14ClN3O. The molecule has 1 N–H and O–H groups in total. The predicted molar refractivity (Wildman–Crippen MR) is 73.4 cm³/mol. The van der Waals surface area contributed by atoms with Crippen LogP contribution in [0.1, 0.15) is 12.8 Å². The summed E-state index contributed by atoms with van der Waals surface area (Å²) in [4.78, 5) is 16.7.